The molecule has 2 rings (SSSR count). The molecule has 1 aromatic carbocycles. The number of hydrogen-bond acceptors (Lipinski definition) is 4. The Morgan fingerprint density at radius 2 is 2.19 bits per heavy atom. The summed E-state index contributed by atoms with van der Waals surface area (Å²) in [6, 6.07) is 2.82. The first kappa shape index (κ1) is 14.4. The van der Waals surface area contributed by atoms with Crippen molar-refractivity contribution in [2.24, 2.45) is 0 Å². The lowest BCUT2D eigenvalue weighted by molar-refractivity contribution is 0.0697. The highest BCUT2D eigenvalue weighted by molar-refractivity contribution is 6.00. The highest BCUT2D eigenvalue weighted by atomic mass is 19.1. The van der Waals surface area contributed by atoms with E-state index in [1.807, 2.05) is 0 Å². The number of carbonyl (C=O) groups is 2. The molecule has 2 amide bonds. The minimum atomic E-state index is -1.33. The smallest absolute Gasteiger partial charge is 0.337 e. The van der Waals surface area contributed by atoms with Crippen LogP contribution in [0, 0.1) is 5.82 Å². The van der Waals surface area contributed by atoms with Crippen molar-refractivity contribution in [1.82, 2.24) is 20.3 Å². The Balaban J connectivity index is 1.95. The zero-order chi connectivity index (χ0) is 15.2. The van der Waals surface area contributed by atoms with Gasteiger partial charge in [-0.1, -0.05) is 11.3 Å². The van der Waals surface area contributed by atoms with Gasteiger partial charge in [0.05, 0.1) is 24.0 Å². The number of urea groups is 1. The van der Waals surface area contributed by atoms with Gasteiger partial charge in [-0.25, -0.2) is 14.0 Å². The zero-order valence-electron chi connectivity index (χ0n) is 10.8. The van der Waals surface area contributed by atoms with Gasteiger partial charge >= 0.3 is 12.0 Å². The van der Waals surface area contributed by atoms with E-state index in [9.17, 15) is 14.0 Å². The summed E-state index contributed by atoms with van der Waals surface area (Å²) < 4.78 is 15.1. The molecule has 110 valence electrons. The summed E-state index contributed by atoms with van der Waals surface area (Å²) >= 11 is 0. The summed E-state index contributed by atoms with van der Waals surface area (Å²) in [5.41, 5.74) is -0.690. The van der Waals surface area contributed by atoms with Gasteiger partial charge in [-0.15, -0.1) is 5.10 Å². The maximum absolute atomic E-state index is 13.6. The number of carbonyl (C=O) groups excluding carboxylic acids is 1. The van der Waals surface area contributed by atoms with Gasteiger partial charge in [0.2, 0.25) is 0 Å². The van der Waals surface area contributed by atoms with E-state index in [0.717, 1.165) is 6.07 Å². The van der Waals surface area contributed by atoms with Crippen LogP contribution in [0.15, 0.2) is 30.6 Å². The largest absolute Gasteiger partial charge is 0.478 e. The first-order valence-electron chi connectivity index (χ1n) is 5.98. The fraction of sp³-hybridized carbons (Fsp3) is 0.167. The van der Waals surface area contributed by atoms with Crippen LogP contribution >= 0.6 is 0 Å². The third kappa shape index (κ3) is 3.75. The fourth-order valence-corrected chi connectivity index (χ4v) is 1.62. The molecule has 0 radical (unpaired) electrons. The van der Waals surface area contributed by atoms with Crippen LogP contribution in [0.1, 0.15) is 10.4 Å². The number of nitrogens with zero attached hydrogens (tertiary/aromatic N) is 3. The van der Waals surface area contributed by atoms with Gasteiger partial charge < -0.3 is 15.7 Å². The molecule has 0 spiro atoms. The van der Waals surface area contributed by atoms with Gasteiger partial charge in [0.25, 0.3) is 0 Å². The van der Waals surface area contributed by atoms with Crippen LogP contribution in [0.5, 0.6) is 0 Å². The number of hydrogen-bond donors (Lipinski definition) is 3. The molecular weight excluding hydrogens is 281 g/mol. The lowest BCUT2D eigenvalue weighted by atomic mass is 10.1. The van der Waals surface area contributed by atoms with Crippen molar-refractivity contribution in [2.75, 3.05) is 11.9 Å². The first-order valence-corrected chi connectivity index (χ1v) is 5.98. The number of rotatable bonds is 5. The predicted molar refractivity (Wildman–Crippen MR) is 70.4 cm³/mol. The number of aromatic nitrogens is 3. The highest BCUT2D eigenvalue weighted by Gasteiger charge is 2.16. The average Bonchev–Trinajstić information content (AvgIpc) is 2.94. The summed E-state index contributed by atoms with van der Waals surface area (Å²) in [5, 5.41) is 20.9. The molecule has 2 aromatic rings. The average molecular weight is 293 g/mol. The molecule has 0 fully saturated rings. The minimum Gasteiger partial charge on any atom is -0.478 e. The van der Waals surface area contributed by atoms with E-state index in [-0.39, 0.29) is 17.8 Å². The van der Waals surface area contributed by atoms with Gasteiger partial charge in [-0.2, -0.15) is 0 Å². The van der Waals surface area contributed by atoms with Gasteiger partial charge in [-0.3, -0.25) is 4.68 Å². The Bertz CT molecular complexity index is 644. The Labute approximate surface area is 118 Å². The predicted octanol–water partition coefficient (Wildman–Crippen LogP) is 0.937. The number of carboxylic acids is 1. The Morgan fingerprint density at radius 3 is 2.86 bits per heavy atom. The number of anilines is 1. The fourth-order valence-electron chi connectivity index (χ4n) is 1.62. The van der Waals surface area contributed by atoms with Gasteiger partial charge in [-0.05, 0) is 12.1 Å². The molecule has 8 nitrogen and oxygen atoms in total. The molecule has 0 saturated carbocycles. The van der Waals surface area contributed by atoms with E-state index in [4.69, 9.17) is 5.11 Å². The molecule has 0 unspecified atom stereocenters. The van der Waals surface area contributed by atoms with Crippen LogP contribution in [0.4, 0.5) is 14.9 Å². The van der Waals surface area contributed by atoms with Gasteiger partial charge in [0, 0.05) is 12.7 Å². The van der Waals surface area contributed by atoms with Crippen molar-refractivity contribution >= 4 is 17.7 Å². The normalized spacial score (nSPS) is 10.1. The second-order valence-electron chi connectivity index (χ2n) is 4.01. The lowest BCUT2D eigenvalue weighted by Crippen LogP contribution is -2.32. The molecule has 0 saturated heterocycles. The van der Waals surface area contributed by atoms with E-state index < -0.39 is 17.8 Å². The molecular formula is C12H12FN5O3. The van der Waals surface area contributed by atoms with Crippen LogP contribution in [-0.2, 0) is 6.54 Å². The van der Waals surface area contributed by atoms with Crippen LogP contribution < -0.4 is 10.6 Å². The number of benzene rings is 1. The summed E-state index contributed by atoms with van der Waals surface area (Å²) in [7, 11) is 0. The molecule has 0 aliphatic heterocycles. The van der Waals surface area contributed by atoms with E-state index in [0.29, 0.717) is 6.54 Å². The minimum absolute atomic E-state index is 0.228. The molecule has 1 heterocycles. The van der Waals surface area contributed by atoms with Gasteiger partial charge in [0.15, 0.2) is 0 Å². The van der Waals surface area contributed by atoms with Crippen molar-refractivity contribution in [3.63, 3.8) is 0 Å². The topological polar surface area (TPSA) is 109 Å². The molecule has 0 bridgehead atoms. The van der Waals surface area contributed by atoms with E-state index >= 15 is 0 Å². The number of amides is 2. The Hall–Kier alpha value is -2.97. The quantitative estimate of drug-likeness (QED) is 0.760. The molecule has 1 aromatic heterocycles. The molecule has 0 atom stereocenters. The number of halogens is 1. The van der Waals surface area contributed by atoms with E-state index in [1.54, 1.807) is 6.20 Å². The maximum atomic E-state index is 13.6. The summed E-state index contributed by atoms with van der Waals surface area (Å²) in [6.45, 7) is 0.614. The highest BCUT2D eigenvalue weighted by Crippen LogP contribution is 2.19. The summed E-state index contributed by atoms with van der Waals surface area (Å²) in [5.74, 6) is -2.14. The zero-order valence-corrected chi connectivity index (χ0v) is 10.8. The maximum Gasteiger partial charge on any atom is 0.337 e. The molecule has 3 N–H and O–H groups in total. The van der Waals surface area contributed by atoms with Crippen molar-refractivity contribution in [3.05, 3.63) is 42.0 Å². The third-order valence-corrected chi connectivity index (χ3v) is 2.58. The Morgan fingerprint density at radius 1 is 1.38 bits per heavy atom. The summed E-state index contributed by atoms with van der Waals surface area (Å²) in [6.07, 6.45) is 3.12. The van der Waals surface area contributed by atoms with Crippen LogP contribution in [0.2, 0.25) is 0 Å². The van der Waals surface area contributed by atoms with Crippen LogP contribution in [0.25, 0.3) is 0 Å². The molecule has 21 heavy (non-hydrogen) atoms. The second kappa shape index (κ2) is 6.46. The second-order valence-corrected chi connectivity index (χ2v) is 4.01. The van der Waals surface area contributed by atoms with E-state index in [2.05, 4.69) is 20.9 Å². The summed E-state index contributed by atoms with van der Waals surface area (Å²) in [4.78, 5) is 22.6. The number of nitrogens with one attached hydrogen (secondary N) is 2. The van der Waals surface area contributed by atoms with E-state index in [1.165, 1.54) is 23.0 Å². The van der Waals surface area contributed by atoms with Crippen molar-refractivity contribution in [3.8, 4) is 0 Å². The third-order valence-electron chi connectivity index (χ3n) is 2.58. The SMILES string of the molecule is O=C(NCCn1ccnn1)Nc1c(F)cccc1C(=O)O. The van der Waals surface area contributed by atoms with Crippen LogP contribution in [-0.4, -0.2) is 38.6 Å². The van der Waals surface area contributed by atoms with Gasteiger partial charge in [0.1, 0.15) is 5.82 Å². The van der Waals surface area contributed by atoms with Crippen molar-refractivity contribution in [1.29, 1.82) is 0 Å². The molecule has 0 aliphatic carbocycles. The van der Waals surface area contributed by atoms with Crippen molar-refractivity contribution < 1.29 is 19.1 Å². The number of para-hydroxylation sites is 1. The molecule has 9 heteroatoms. The van der Waals surface area contributed by atoms with Crippen LogP contribution in [0.3, 0.4) is 0 Å². The standard InChI is InChI=1S/C12H12FN5O3/c13-9-3-1-2-8(11(19)20)10(9)16-12(21)14-4-6-18-7-5-15-17-18/h1-3,5,7H,4,6H2,(H,19,20)(H2,14,16,21). The Kier molecular flexibility index (Phi) is 4.44. The first-order chi connectivity index (χ1) is 10.1. The molecule has 0 aliphatic rings. The monoisotopic (exact) mass is 293 g/mol. The number of aromatic carboxylic acids is 1. The van der Waals surface area contributed by atoms with Crippen molar-refractivity contribution in [2.45, 2.75) is 6.54 Å². The number of carboxylic acid groups (broad SMARTS) is 1. The lowest BCUT2D eigenvalue weighted by Gasteiger charge is -2.10.